The molecule has 0 spiro atoms. The van der Waals surface area contributed by atoms with Gasteiger partial charge >= 0.3 is 8.60 Å². The first-order valence-electron chi connectivity index (χ1n) is 2.25. The summed E-state index contributed by atoms with van der Waals surface area (Å²) in [7, 11) is -1.56. The Hall–Kier alpha value is 0.890. The van der Waals surface area contributed by atoms with Crippen LogP contribution in [0.3, 0.4) is 0 Å². The van der Waals surface area contributed by atoms with E-state index in [2.05, 4.69) is 8.15 Å². The summed E-state index contributed by atoms with van der Waals surface area (Å²) < 4.78 is 13.2. The monoisotopic (exact) mass is 192 g/mol. The molecule has 9 heavy (non-hydrogen) atoms. The Balaban J connectivity index is 3.31. The molecule has 0 fully saturated rings. The van der Waals surface area contributed by atoms with Gasteiger partial charge < -0.3 is 4.52 Å². The Morgan fingerprint density at radius 2 is 1.67 bits per heavy atom. The van der Waals surface area contributed by atoms with Crippen molar-refractivity contribution in [2.45, 2.75) is 20.0 Å². The quantitative estimate of drug-likeness (QED) is 0.642. The van der Waals surface area contributed by atoms with Gasteiger partial charge in [-0.15, -0.1) is 0 Å². The molecule has 0 radical (unpaired) electrons. The largest absolute Gasteiger partial charge is 0.368 e. The fraction of sp³-hybridized carbons (Fsp3) is 1.00. The molecule has 0 aromatic rings. The van der Waals surface area contributed by atoms with E-state index in [1.54, 1.807) is 0 Å². The van der Waals surface area contributed by atoms with Crippen LogP contribution < -0.4 is 0 Å². The average Bonchev–Trinajstić information content (AvgIpc) is 1.82. The van der Waals surface area contributed by atoms with E-state index in [1.165, 1.54) is 0 Å². The molecule has 56 valence electrons. The molecule has 0 unspecified atom stereocenters. The van der Waals surface area contributed by atoms with E-state index < -0.39 is 8.60 Å². The van der Waals surface area contributed by atoms with Crippen LogP contribution in [0.2, 0.25) is 0 Å². The second-order valence-electron chi connectivity index (χ2n) is 1.52. The molecule has 0 N–H and O–H groups in total. The third kappa shape index (κ3) is 5.34. The third-order valence-corrected chi connectivity index (χ3v) is 1.90. The third-order valence-electron chi connectivity index (χ3n) is 0.410. The standard InChI is InChI=1S/C3H7Cl2O3P/c1-3(2)6-9(7-4)8-5/h3H,1-2H3. The van der Waals surface area contributed by atoms with Gasteiger partial charge in [-0.25, -0.2) is 0 Å². The van der Waals surface area contributed by atoms with Crippen molar-refractivity contribution in [1.82, 2.24) is 0 Å². The summed E-state index contributed by atoms with van der Waals surface area (Å²) in [5.74, 6) is 0. The highest BCUT2D eigenvalue weighted by Crippen LogP contribution is 2.43. The summed E-state index contributed by atoms with van der Waals surface area (Å²) in [6, 6.07) is 0. The maximum atomic E-state index is 4.91. The topological polar surface area (TPSA) is 27.7 Å². The van der Waals surface area contributed by atoms with Crippen LogP contribution in [0.4, 0.5) is 0 Å². The first-order valence-corrected chi connectivity index (χ1v) is 3.96. The van der Waals surface area contributed by atoms with Crippen LogP contribution in [0.5, 0.6) is 0 Å². The second kappa shape index (κ2) is 5.66. The maximum absolute atomic E-state index is 4.91. The van der Waals surface area contributed by atoms with Crippen molar-refractivity contribution in [1.29, 1.82) is 0 Å². The minimum absolute atomic E-state index is 0.00592. The molecule has 0 saturated heterocycles. The molecule has 3 nitrogen and oxygen atoms in total. The van der Waals surface area contributed by atoms with Crippen molar-refractivity contribution in [2.24, 2.45) is 0 Å². The maximum Gasteiger partial charge on any atom is 0.368 e. The van der Waals surface area contributed by atoms with E-state index in [0.717, 1.165) is 0 Å². The summed E-state index contributed by atoms with van der Waals surface area (Å²) in [4.78, 5) is 0. The van der Waals surface area contributed by atoms with Gasteiger partial charge in [0.05, 0.1) is 29.8 Å². The van der Waals surface area contributed by atoms with Gasteiger partial charge in [0, 0.05) is 0 Å². The lowest BCUT2D eigenvalue weighted by Crippen LogP contribution is -1.96. The minimum atomic E-state index is -1.56. The molecular weight excluding hydrogens is 186 g/mol. The molecule has 0 amide bonds. The van der Waals surface area contributed by atoms with E-state index in [0.29, 0.717) is 0 Å². The van der Waals surface area contributed by atoms with Crippen LogP contribution in [0.15, 0.2) is 0 Å². The van der Waals surface area contributed by atoms with Crippen molar-refractivity contribution in [3.05, 3.63) is 0 Å². The summed E-state index contributed by atoms with van der Waals surface area (Å²) >= 11 is 9.81. The van der Waals surface area contributed by atoms with Gasteiger partial charge in [-0.3, -0.25) is 0 Å². The van der Waals surface area contributed by atoms with Gasteiger partial charge in [-0.05, 0) is 13.8 Å². The molecule has 0 bridgehead atoms. The molecule has 0 heterocycles. The molecule has 0 rings (SSSR count). The van der Waals surface area contributed by atoms with Gasteiger partial charge in [-0.2, -0.15) is 8.15 Å². The smallest absolute Gasteiger partial charge is 0.308 e. The first-order chi connectivity index (χ1) is 4.20. The number of halogens is 2. The van der Waals surface area contributed by atoms with Crippen LogP contribution in [0, 0.1) is 0 Å². The number of rotatable bonds is 4. The van der Waals surface area contributed by atoms with Crippen LogP contribution >= 0.6 is 32.3 Å². The lowest BCUT2D eigenvalue weighted by atomic mass is 10.5. The van der Waals surface area contributed by atoms with E-state index >= 15 is 0 Å². The predicted molar refractivity (Wildman–Crippen MR) is 37.0 cm³/mol. The average molecular weight is 193 g/mol. The predicted octanol–water partition coefficient (Wildman–Crippen LogP) is 2.98. The second-order valence-corrected chi connectivity index (χ2v) is 3.28. The van der Waals surface area contributed by atoms with Gasteiger partial charge in [0.2, 0.25) is 0 Å². The van der Waals surface area contributed by atoms with Gasteiger partial charge in [0.15, 0.2) is 0 Å². The summed E-state index contributed by atoms with van der Waals surface area (Å²) in [5, 5.41) is 0. The van der Waals surface area contributed by atoms with E-state index in [1.807, 2.05) is 13.8 Å². The number of hydrogen-bond donors (Lipinski definition) is 0. The zero-order chi connectivity index (χ0) is 7.28. The Labute approximate surface area is 65.5 Å². The SMILES string of the molecule is CC(C)OP(OCl)OCl. The van der Waals surface area contributed by atoms with Crippen LogP contribution in [0.1, 0.15) is 13.8 Å². The van der Waals surface area contributed by atoms with Gasteiger partial charge in [-0.1, -0.05) is 0 Å². The molecular formula is C3H7Cl2O3P. The lowest BCUT2D eigenvalue weighted by molar-refractivity contribution is 0.216. The molecule has 0 aromatic heterocycles. The molecule has 0 aliphatic rings. The summed E-state index contributed by atoms with van der Waals surface area (Å²) in [5.41, 5.74) is 0. The van der Waals surface area contributed by atoms with Crippen LogP contribution in [0.25, 0.3) is 0 Å². The Bertz CT molecular complexity index is 68.1. The highest BCUT2D eigenvalue weighted by molar-refractivity contribution is 7.43. The molecule has 0 aliphatic carbocycles. The fourth-order valence-electron chi connectivity index (χ4n) is 0.215. The highest BCUT2D eigenvalue weighted by Gasteiger charge is 2.12. The van der Waals surface area contributed by atoms with Crippen LogP contribution in [-0.2, 0) is 12.7 Å². The van der Waals surface area contributed by atoms with Crippen molar-refractivity contribution < 1.29 is 12.7 Å². The van der Waals surface area contributed by atoms with Gasteiger partial charge in [0.1, 0.15) is 0 Å². The van der Waals surface area contributed by atoms with Crippen molar-refractivity contribution >= 4 is 32.3 Å². The summed E-state index contributed by atoms with van der Waals surface area (Å²) in [6.45, 7) is 3.64. The van der Waals surface area contributed by atoms with E-state index in [-0.39, 0.29) is 6.10 Å². The summed E-state index contributed by atoms with van der Waals surface area (Å²) in [6.07, 6.45) is -0.00592. The van der Waals surface area contributed by atoms with Crippen molar-refractivity contribution in [2.75, 3.05) is 0 Å². The van der Waals surface area contributed by atoms with E-state index in [4.69, 9.17) is 28.3 Å². The Morgan fingerprint density at radius 1 is 1.22 bits per heavy atom. The van der Waals surface area contributed by atoms with Crippen LogP contribution in [-0.4, -0.2) is 6.10 Å². The zero-order valence-corrected chi connectivity index (χ0v) is 7.41. The molecule has 0 saturated carbocycles. The lowest BCUT2D eigenvalue weighted by Gasteiger charge is -2.09. The zero-order valence-electron chi connectivity index (χ0n) is 5.01. The normalized spacial score (nSPS) is 11.3. The Kier molecular flexibility index (Phi) is 6.22. The highest BCUT2D eigenvalue weighted by atomic mass is 35.5. The molecule has 0 aliphatic heterocycles. The molecule has 0 atom stereocenters. The Morgan fingerprint density at radius 3 is 1.78 bits per heavy atom. The minimum Gasteiger partial charge on any atom is -0.308 e. The van der Waals surface area contributed by atoms with Crippen molar-refractivity contribution in [3.63, 3.8) is 0 Å². The first kappa shape index (κ1) is 9.89. The number of hydrogen-bond acceptors (Lipinski definition) is 3. The van der Waals surface area contributed by atoms with E-state index in [9.17, 15) is 0 Å². The van der Waals surface area contributed by atoms with Gasteiger partial charge in [0.25, 0.3) is 0 Å². The van der Waals surface area contributed by atoms with Crippen molar-refractivity contribution in [3.8, 4) is 0 Å². The molecule has 0 aromatic carbocycles. The molecule has 6 heteroatoms. The fourth-order valence-corrected chi connectivity index (χ4v) is 1.10.